The van der Waals surface area contributed by atoms with Gasteiger partial charge in [-0.1, -0.05) is 35.3 Å². The van der Waals surface area contributed by atoms with Crippen LogP contribution in [0.15, 0.2) is 42.5 Å². The Morgan fingerprint density at radius 3 is 2.32 bits per heavy atom. The number of likely N-dealkylation sites (tertiary alicyclic amines) is 1. The van der Waals surface area contributed by atoms with Gasteiger partial charge in [0.25, 0.3) is 0 Å². The molecule has 2 atom stereocenters. The van der Waals surface area contributed by atoms with Crippen molar-refractivity contribution in [3.05, 3.63) is 69.5 Å². The number of halogens is 3. The molecule has 3 rings (SSSR count). The molecular formula is C20H20Cl2FNO. The minimum absolute atomic E-state index is 0.0190. The van der Waals surface area contributed by atoms with Crippen molar-refractivity contribution in [3.8, 4) is 0 Å². The molecule has 2 nitrogen and oxygen atoms in total. The van der Waals surface area contributed by atoms with E-state index in [1.807, 2.05) is 43.0 Å². The molecule has 1 aliphatic rings. The number of hydrogen-bond acceptors (Lipinski definition) is 1. The summed E-state index contributed by atoms with van der Waals surface area (Å²) >= 11 is 12.1. The number of piperidine rings is 1. The molecule has 0 radical (unpaired) electrons. The van der Waals surface area contributed by atoms with Crippen LogP contribution in [0.25, 0.3) is 0 Å². The maximum atomic E-state index is 13.9. The Bertz CT molecular complexity index is 756. The minimum Gasteiger partial charge on any atom is -0.333 e. The highest BCUT2D eigenvalue weighted by Gasteiger charge is 2.39. The summed E-state index contributed by atoms with van der Waals surface area (Å²) in [5.41, 5.74) is 1.82. The highest BCUT2D eigenvalue weighted by atomic mass is 35.5. The Labute approximate surface area is 157 Å². The summed E-state index contributed by atoms with van der Waals surface area (Å²) in [5, 5.41) is 1.02. The zero-order valence-corrected chi connectivity index (χ0v) is 15.7. The third kappa shape index (κ3) is 3.83. The van der Waals surface area contributed by atoms with E-state index in [1.54, 1.807) is 6.07 Å². The second-order valence-electron chi connectivity index (χ2n) is 6.74. The third-order valence-electron chi connectivity index (χ3n) is 4.72. The van der Waals surface area contributed by atoms with Gasteiger partial charge < -0.3 is 4.90 Å². The summed E-state index contributed by atoms with van der Waals surface area (Å²) in [5.74, 6) is -0.256. The van der Waals surface area contributed by atoms with E-state index < -0.39 is 0 Å². The van der Waals surface area contributed by atoms with E-state index in [2.05, 4.69) is 0 Å². The monoisotopic (exact) mass is 379 g/mol. The average Bonchev–Trinajstić information content (AvgIpc) is 2.54. The Morgan fingerprint density at radius 1 is 1.04 bits per heavy atom. The Morgan fingerprint density at radius 2 is 1.72 bits per heavy atom. The van der Waals surface area contributed by atoms with Crippen LogP contribution in [-0.2, 0) is 4.79 Å². The van der Waals surface area contributed by atoms with Crippen molar-refractivity contribution in [2.24, 2.45) is 0 Å². The molecule has 0 saturated carbocycles. The average molecular weight is 380 g/mol. The van der Waals surface area contributed by atoms with E-state index in [0.717, 1.165) is 11.1 Å². The lowest BCUT2D eigenvalue weighted by molar-refractivity contribution is -0.139. The molecule has 132 valence electrons. The second-order valence-corrected chi connectivity index (χ2v) is 7.61. The lowest BCUT2D eigenvalue weighted by atomic mass is 9.79. The van der Waals surface area contributed by atoms with Crippen LogP contribution in [0.4, 0.5) is 4.39 Å². The molecule has 2 aromatic carbocycles. The van der Waals surface area contributed by atoms with E-state index in [9.17, 15) is 9.18 Å². The van der Waals surface area contributed by atoms with E-state index in [-0.39, 0.29) is 29.7 Å². The van der Waals surface area contributed by atoms with Gasteiger partial charge >= 0.3 is 0 Å². The van der Waals surface area contributed by atoms with Crippen LogP contribution in [0.1, 0.15) is 49.8 Å². The Kier molecular flexibility index (Phi) is 5.35. The van der Waals surface area contributed by atoms with Gasteiger partial charge in [-0.05, 0) is 61.7 Å². The molecular weight excluding hydrogens is 360 g/mol. The predicted molar refractivity (Wildman–Crippen MR) is 99.6 cm³/mol. The summed E-state index contributed by atoms with van der Waals surface area (Å²) in [6.45, 7) is 4.00. The van der Waals surface area contributed by atoms with Crippen LogP contribution in [0.5, 0.6) is 0 Å². The van der Waals surface area contributed by atoms with Crippen molar-refractivity contribution in [3.63, 3.8) is 0 Å². The molecule has 1 heterocycles. The number of amides is 1. The molecule has 1 amide bonds. The van der Waals surface area contributed by atoms with Gasteiger partial charge in [-0.15, -0.1) is 0 Å². The Hall–Kier alpha value is -1.58. The van der Waals surface area contributed by atoms with Gasteiger partial charge in [0.1, 0.15) is 5.82 Å². The highest BCUT2D eigenvalue weighted by molar-refractivity contribution is 6.30. The van der Waals surface area contributed by atoms with Gasteiger partial charge in [-0.2, -0.15) is 0 Å². The number of carbonyl (C=O) groups excluding carboxylic acids is 1. The number of nitrogens with zero attached hydrogens (tertiary/aromatic N) is 1. The van der Waals surface area contributed by atoms with Crippen molar-refractivity contribution in [2.45, 2.75) is 44.7 Å². The molecule has 0 spiro atoms. The fraction of sp³-hybridized carbons (Fsp3) is 0.350. The summed E-state index contributed by atoms with van der Waals surface area (Å²) in [6, 6.07) is 12.0. The van der Waals surface area contributed by atoms with Crippen molar-refractivity contribution in [1.82, 2.24) is 4.90 Å². The van der Waals surface area contributed by atoms with Crippen LogP contribution >= 0.6 is 23.2 Å². The van der Waals surface area contributed by atoms with E-state index in [0.29, 0.717) is 22.9 Å². The van der Waals surface area contributed by atoms with Crippen molar-refractivity contribution >= 4 is 29.1 Å². The molecule has 0 aromatic heterocycles. The van der Waals surface area contributed by atoms with Gasteiger partial charge in [0.05, 0.1) is 6.04 Å². The van der Waals surface area contributed by atoms with Gasteiger partial charge in [0.15, 0.2) is 0 Å². The van der Waals surface area contributed by atoms with Crippen LogP contribution in [0.3, 0.4) is 0 Å². The smallest absolute Gasteiger partial charge is 0.223 e. The van der Waals surface area contributed by atoms with Gasteiger partial charge in [-0.25, -0.2) is 4.39 Å². The van der Waals surface area contributed by atoms with Crippen molar-refractivity contribution in [1.29, 1.82) is 0 Å². The first-order valence-corrected chi connectivity index (χ1v) is 9.15. The van der Waals surface area contributed by atoms with Crippen LogP contribution in [-0.4, -0.2) is 16.8 Å². The molecule has 2 aromatic rings. The fourth-order valence-electron chi connectivity index (χ4n) is 3.72. The first-order valence-electron chi connectivity index (χ1n) is 8.39. The first-order chi connectivity index (χ1) is 11.9. The lowest BCUT2D eigenvalue weighted by Crippen LogP contribution is -2.45. The maximum absolute atomic E-state index is 13.9. The molecule has 1 aliphatic heterocycles. The molecule has 1 saturated heterocycles. The largest absolute Gasteiger partial charge is 0.333 e. The molecule has 5 heteroatoms. The summed E-state index contributed by atoms with van der Waals surface area (Å²) in [4.78, 5) is 14.5. The number of benzene rings is 2. The normalized spacial score (nSPS) is 21.0. The van der Waals surface area contributed by atoms with Crippen molar-refractivity contribution < 1.29 is 9.18 Å². The minimum atomic E-state index is -0.356. The van der Waals surface area contributed by atoms with E-state index in [4.69, 9.17) is 23.2 Å². The maximum Gasteiger partial charge on any atom is 0.223 e. The lowest BCUT2D eigenvalue weighted by Gasteiger charge is -2.44. The summed E-state index contributed by atoms with van der Waals surface area (Å²) in [6.07, 6.45) is 1.11. The molecule has 0 aliphatic carbocycles. The standard InChI is InChI=1S/C20H20Cl2FNO/c1-12(2)24-19(25)8-7-18(14-9-16(22)11-17(23)10-14)20(24)13-3-5-15(21)6-4-13/h3-6,9-12,18,20H,7-8H2,1-2H3. The summed E-state index contributed by atoms with van der Waals surface area (Å²) in [7, 11) is 0. The fourth-order valence-corrected chi connectivity index (χ4v) is 4.07. The SMILES string of the molecule is CC(C)N1C(=O)CCC(c2cc(F)cc(Cl)c2)C1c1ccc(Cl)cc1. The van der Waals surface area contributed by atoms with E-state index >= 15 is 0 Å². The molecule has 2 unspecified atom stereocenters. The third-order valence-corrected chi connectivity index (χ3v) is 5.19. The number of rotatable bonds is 3. The molecule has 0 bridgehead atoms. The van der Waals surface area contributed by atoms with Crippen LogP contribution < -0.4 is 0 Å². The second kappa shape index (κ2) is 7.35. The number of carbonyl (C=O) groups is 1. The predicted octanol–water partition coefficient (Wildman–Crippen LogP) is 5.99. The van der Waals surface area contributed by atoms with Crippen LogP contribution in [0, 0.1) is 5.82 Å². The topological polar surface area (TPSA) is 20.3 Å². The number of hydrogen-bond donors (Lipinski definition) is 0. The molecule has 1 fully saturated rings. The van der Waals surface area contributed by atoms with Gasteiger partial charge in [-0.3, -0.25) is 4.79 Å². The van der Waals surface area contributed by atoms with Gasteiger partial charge in [0.2, 0.25) is 5.91 Å². The first kappa shape index (κ1) is 18.2. The Balaban J connectivity index is 2.10. The summed E-state index contributed by atoms with van der Waals surface area (Å²) < 4.78 is 13.9. The quantitative estimate of drug-likeness (QED) is 0.641. The zero-order valence-electron chi connectivity index (χ0n) is 14.2. The van der Waals surface area contributed by atoms with Gasteiger partial charge in [0, 0.05) is 28.4 Å². The van der Waals surface area contributed by atoms with E-state index in [1.165, 1.54) is 12.1 Å². The molecule has 25 heavy (non-hydrogen) atoms. The van der Waals surface area contributed by atoms with Crippen molar-refractivity contribution in [2.75, 3.05) is 0 Å². The highest BCUT2D eigenvalue weighted by Crippen LogP contribution is 2.44. The molecule has 0 N–H and O–H groups in total. The van der Waals surface area contributed by atoms with Crippen LogP contribution in [0.2, 0.25) is 10.0 Å². The zero-order chi connectivity index (χ0) is 18.1.